The molecule has 0 spiro atoms. The van der Waals surface area contributed by atoms with Crippen molar-refractivity contribution in [2.75, 3.05) is 14.1 Å². The first kappa shape index (κ1) is 22.6. The summed E-state index contributed by atoms with van der Waals surface area (Å²) in [7, 11) is 4.17. The molecular formula is C29H33N3O3. The Morgan fingerprint density at radius 1 is 1.06 bits per heavy atom. The summed E-state index contributed by atoms with van der Waals surface area (Å²) in [5, 5.41) is 1.21. The maximum atomic E-state index is 13.8. The lowest BCUT2D eigenvalue weighted by atomic mass is 9.69. The normalized spacial score (nSPS) is 20.4. The third-order valence-electron chi connectivity index (χ3n) is 8.86. The summed E-state index contributed by atoms with van der Waals surface area (Å²) < 4.78 is 7.74. The number of ketones is 1. The number of hydrogen-bond donors (Lipinski definition) is 0. The quantitative estimate of drug-likeness (QED) is 0.445. The van der Waals surface area contributed by atoms with Crippen LogP contribution in [0.1, 0.15) is 71.2 Å². The third-order valence-corrected chi connectivity index (χ3v) is 8.86. The Morgan fingerprint density at radius 3 is 2.46 bits per heavy atom. The Bertz CT molecular complexity index is 1510. The first-order valence-electron chi connectivity index (χ1n) is 12.7. The van der Waals surface area contributed by atoms with Gasteiger partial charge in [-0.3, -0.25) is 9.59 Å². The van der Waals surface area contributed by atoms with Crippen LogP contribution in [0.5, 0.6) is 0 Å². The van der Waals surface area contributed by atoms with Gasteiger partial charge in [0.2, 0.25) is 0 Å². The van der Waals surface area contributed by atoms with Crippen molar-refractivity contribution in [2.45, 2.75) is 78.7 Å². The number of aryl methyl sites for hydroxylation is 2. The molecule has 0 unspecified atom stereocenters. The van der Waals surface area contributed by atoms with Gasteiger partial charge in [-0.05, 0) is 87.2 Å². The van der Waals surface area contributed by atoms with Gasteiger partial charge in [0.05, 0.1) is 42.1 Å². The molecule has 1 atom stereocenters. The Kier molecular flexibility index (Phi) is 4.90. The predicted octanol–water partition coefficient (Wildman–Crippen LogP) is 4.32. The lowest BCUT2D eigenvalue weighted by molar-refractivity contribution is -0.124. The molecular weight excluding hydrogens is 438 g/mol. The van der Waals surface area contributed by atoms with Crippen molar-refractivity contribution in [1.29, 1.82) is 0 Å². The zero-order valence-electron chi connectivity index (χ0n) is 21.6. The van der Waals surface area contributed by atoms with Gasteiger partial charge in [-0.25, -0.2) is 4.98 Å². The summed E-state index contributed by atoms with van der Waals surface area (Å²) in [5.74, 6) is 0.233. The van der Waals surface area contributed by atoms with Crippen LogP contribution < -0.4 is 5.56 Å². The molecule has 0 N–H and O–H groups in total. The fourth-order valence-electron chi connectivity index (χ4n) is 6.60. The van der Waals surface area contributed by atoms with Crippen LogP contribution in [-0.4, -0.2) is 34.3 Å². The summed E-state index contributed by atoms with van der Waals surface area (Å²) in [6.07, 6.45) is 1.67. The molecule has 0 fully saturated rings. The van der Waals surface area contributed by atoms with E-state index in [-0.39, 0.29) is 11.3 Å². The van der Waals surface area contributed by atoms with Gasteiger partial charge in [-0.1, -0.05) is 6.92 Å². The van der Waals surface area contributed by atoms with E-state index in [2.05, 4.69) is 38.9 Å². The number of Topliss-reactive ketones (excluding diaryl/α,β-unsaturated/α-hetero) is 1. The minimum absolute atomic E-state index is 0.0480. The van der Waals surface area contributed by atoms with E-state index in [0.29, 0.717) is 39.0 Å². The number of aromatic nitrogens is 2. The Labute approximate surface area is 205 Å². The van der Waals surface area contributed by atoms with Gasteiger partial charge in [0, 0.05) is 29.5 Å². The van der Waals surface area contributed by atoms with Crippen LogP contribution in [-0.2, 0) is 47.7 Å². The number of pyridine rings is 2. The second-order valence-electron chi connectivity index (χ2n) is 11.0. The number of fused-ring (bicyclic) bond motifs is 6. The molecule has 2 aromatic heterocycles. The van der Waals surface area contributed by atoms with Gasteiger partial charge >= 0.3 is 0 Å². The largest absolute Gasteiger partial charge is 0.372 e. The van der Waals surface area contributed by atoms with Crippen LogP contribution in [0.4, 0.5) is 0 Å². The fraction of sp³-hybridized carbons (Fsp3) is 0.483. The molecule has 182 valence electrons. The van der Waals surface area contributed by atoms with E-state index in [4.69, 9.17) is 9.72 Å². The molecule has 1 aliphatic carbocycles. The highest BCUT2D eigenvalue weighted by atomic mass is 16.5. The molecule has 0 radical (unpaired) electrons. The highest BCUT2D eigenvalue weighted by Crippen LogP contribution is 2.44. The molecule has 1 aromatic carbocycles. The monoisotopic (exact) mass is 471 g/mol. The van der Waals surface area contributed by atoms with Gasteiger partial charge in [0.25, 0.3) is 5.56 Å². The zero-order chi connectivity index (χ0) is 24.8. The van der Waals surface area contributed by atoms with Crippen molar-refractivity contribution in [1.82, 2.24) is 14.5 Å². The maximum Gasteiger partial charge on any atom is 0.254 e. The highest BCUT2D eigenvalue weighted by molar-refractivity contribution is 5.95. The van der Waals surface area contributed by atoms with Crippen LogP contribution >= 0.6 is 0 Å². The van der Waals surface area contributed by atoms with Gasteiger partial charge in [-0.15, -0.1) is 0 Å². The molecule has 0 amide bonds. The predicted molar refractivity (Wildman–Crippen MR) is 137 cm³/mol. The fourth-order valence-corrected chi connectivity index (χ4v) is 6.60. The van der Waals surface area contributed by atoms with Crippen molar-refractivity contribution in [3.63, 3.8) is 0 Å². The molecule has 4 heterocycles. The SMILES string of the molecule is CC[C@@]1(C)C(=O)CCc2c1cc1n(c2=O)Cc2c-1nc1c(C)c3c(c(C)c1c2CN(C)C)COC3. The van der Waals surface area contributed by atoms with Gasteiger partial charge in [0.1, 0.15) is 5.78 Å². The molecule has 2 aliphatic heterocycles. The smallest absolute Gasteiger partial charge is 0.254 e. The highest BCUT2D eigenvalue weighted by Gasteiger charge is 2.41. The van der Waals surface area contributed by atoms with E-state index in [1.54, 1.807) is 0 Å². The number of carbonyl (C=O) groups excluding carboxylic acids is 1. The Hall–Kier alpha value is -2.83. The third kappa shape index (κ3) is 2.93. The topological polar surface area (TPSA) is 64.4 Å². The first-order valence-corrected chi connectivity index (χ1v) is 12.7. The van der Waals surface area contributed by atoms with Crippen molar-refractivity contribution < 1.29 is 9.53 Å². The molecule has 6 nitrogen and oxygen atoms in total. The number of rotatable bonds is 3. The van der Waals surface area contributed by atoms with E-state index in [0.717, 1.165) is 40.1 Å². The maximum absolute atomic E-state index is 13.8. The molecule has 0 saturated heterocycles. The van der Waals surface area contributed by atoms with Crippen LogP contribution in [0, 0.1) is 13.8 Å². The molecule has 0 bridgehead atoms. The van der Waals surface area contributed by atoms with Crippen molar-refractivity contribution >= 4 is 16.7 Å². The zero-order valence-corrected chi connectivity index (χ0v) is 21.6. The molecule has 6 heteroatoms. The minimum Gasteiger partial charge on any atom is -0.372 e. The van der Waals surface area contributed by atoms with E-state index in [9.17, 15) is 9.59 Å². The second-order valence-corrected chi connectivity index (χ2v) is 11.0. The van der Waals surface area contributed by atoms with Gasteiger partial charge in [0.15, 0.2) is 0 Å². The van der Waals surface area contributed by atoms with Crippen LogP contribution in [0.2, 0.25) is 0 Å². The molecule has 3 aromatic rings. The van der Waals surface area contributed by atoms with Crippen LogP contribution in [0.15, 0.2) is 10.9 Å². The second kappa shape index (κ2) is 7.58. The summed E-state index contributed by atoms with van der Waals surface area (Å²) in [6, 6.07) is 2.11. The van der Waals surface area contributed by atoms with E-state index >= 15 is 0 Å². The van der Waals surface area contributed by atoms with Crippen molar-refractivity contribution in [2.24, 2.45) is 0 Å². The average molecular weight is 472 g/mol. The number of hydrogen-bond acceptors (Lipinski definition) is 5. The van der Waals surface area contributed by atoms with E-state index in [1.165, 1.54) is 33.2 Å². The molecule has 0 saturated carbocycles. The van der Waals surface area contributed by atoms with Gasteiger partial charge < -0.3 is 14.2 Å². The number of benzene rings is 1. The van der Waals surface area contributed by atoms with Crippen LogP contribution in [0.25, 0.3) is 22.3 Å². The minimum atomic E-state index is -0.612. The molecule has 35 heavy (non-hydrogen) atoms. The Morgan fingerprint density at radius 2 is 1.77 bits per heavy atom. The van der Waals surface area contributed by atoms with Crippen molar-refractivity contribution in [3.05, 3.63) is 60.9 Å². The van der Waals surface area contributed by atoms with Crippen molar-refractivity contribution in [3.8, 4) is 11.4 Å². The summed E-state index contributed by atoms with van der Waals surface area (Å²) in [6.45, 7) is 11.0. The number of nitrogens with zero attached hydrogens (tertiary/aromatic N) is 3. The van der Waals surface area contributed by atoms with E-state index < -0.39 is 5.41 Å². The lowest BCUT2D eigenvalue weighted by Gasteiger charge is -2.33. The standard InChI is InChI=1S/C29H33N3O3/c1-7-29(4)22-10-23-27-19(12-32(23)28(34)17(22)8-9-24(29)33)18(11-31(5)6)25-15(2)20-13-35-14-21(20)16(3)26(25)30-27/h10H,7-9,11-14H2,1-6H3/t29-/m1/s1. The van der Waals surface area contributed by atoms with Gasteiger partial charge in [-0.2, -0.15) is 0 Å². The lowest BCUT2D eigenvalue weighted by Crippen LogP contribution is -2.41. The summed E-state index contributed by atoms with van der Waals surface area (Å²) in [5.41, 5.74) is 11.3. The van der Waals surface area contributed by atoms with E-state index in [1.807, 2.05) is 18.4 Å². The first-order chi connectivity index (χ1) is 16.7. The molecule has 3 aliphatic rings. The summed E-state index contributed by atoms with van der Waals surface area (Å²) in [4.78, 5) is 34.2. The molecule has 6 rings (SSSR count). The number of ether oxygens (including phenoxy) is 1. The summed E-state index contributed by atoms with van der Waals surface area (Å²) >= 11 is 0. The number of carbonyl (C=O) groups is 1. The average Bonchev–Trinajstić information content (AvgIpc) is 3.46. The van der Waals surface area contributed by atoms with Crippen LogP contribution in [0.3, 0.4) is 0 Å². The Balaban J connectivity index is 1.70.